The van der Waals surface area contributed by atoms with Gasteiger partial charge in [0.2, 0.25) is 0 Å². The molecule has 0 radical (unpaired) electrons. The van der Waals surface area contributed by atoms with Crippen LogP contribution in [0.3, 0.4) is 0 Å². The third-order valence-electron chi connectivity index (χ3n) is 3.46. The van der Waals surface area contributed by atoms with Crippen molar-refractivity contribution >= 4 is 11.6 Å². The Bertz CT molecular complexity index is 394. The molecular weight excluding hydrogens is 261 g/mol. The lowest BCUT2D eigenvalue weighted by atomic mass is 9.79. The molecule has 1 rings (SSSR count). The smallest absolute Gasteiger partial charge is 0.124 e. The molecule has 0 saturated carbocycles. The van der Waals surface area contributed by atoms with Crippen molar-refractivity contribution in [2.45, 2.75) is 46.5 Å². The van der Waals surface area contributed by atoms with Gasteiger partial charge in [-0.2, -0.15) is 0 Å². The highest BCUT2D eigenvalue weighted by atomic mass is 35.5. The van der Waals surface area contributed by atoms with Gasteiger partial charge in [0.05, 0.1) is 0 Å². The molecule has 0 aliphatic rings. The van der Waals surface area contributed by atoms with Crippen molar-refractivity contribution in [3.63, 3.8) is 0 Å². The van der Waals surface area contributed by atoms with Crippen molar-refractivity contribution in [2.24, 2.45) is 5.41 Å². The first-order valence-corrected chi connectivity index (χ1v) is 7.53. The maximum absolute atomic E-state index is 13.1. The molecule has 0 saturated heterocycles. The Morgan fingerprint density at radius 1 is 1.26 bits per heavy atom. The molecule has 19 heavy (non-hydrogen) atoms. The topological polar surface area (TPSA) is 12.0 Å². The quantitative estimate of drug-likeness (QED) is 0.675. The van der Waals surface area contributed by atoms with E-state index in [0.717, 1.165) is 44.3 Å². The number of nitrogens with one attached hydrogen (secondary N) is 1. The maximum atomic E-state index is 13.1. The Morgan fingerprint density at radius 3 is 2.58 bits per heavy atom. The predicted octanol–water partition coefficient (Wildman–Crippen LogP) is 4.83. The monoisotopic (exact) mass is 285 g/mol. The second-order valence-corrected chi connectivity index (χ2v) is 6.06. The summed E-state index contributed by atoms with van der Waals surface area (Å²) >= 11 is 6.14. The molecule has 1 nitrogen and oxygen atoms in total. The van der Waals surface area contributed by atoms with Gasteiger partial charge < -0.3 is 5.32 Å². The molecule has 1 atom stereocenters. The molecule has 0 amide bonds. The van der Waals surface area contributed by atoms with E-state index in [-0.39, 0.29) is 11.2 Å². The molecule has 0 aromatic heterocycles. The molecule has 1 aromatic rings. The zero-order chi connectivity index (χ0) is 14.3. The zero-order valence-corrected chi connectivity index (χ0v) is 13.0. The van der Waals surface area contributed by atoms with Crippen molar-refractivity contribution in [2.75, 3.05) is 13.1 Å². The van der Waals surface area contributed by atoms with Crippen LogP contribution in [0, 0.1) is 11.2 Å². The highest BCUT2D eigenvalue weighted by Crippen LogP contribution is 2.31. The van der Waals surface area contributed by atoms with E-state index in [1.807, 2.05) is 6.07 Å². The molecule has 108 valence electrons. The van der Waals surface area contributed by atoms with Gasteiger partial charge in [0, 0.05) is 11.6 Å². The number of halogens is 2. The molecule has 1 N–H and O–H groups in total. The predicted molar refractivity (Wildman–Crippen MR) is 81.3 cm³/mol. The fourth-order valence-electron chi connectivity index (χ4n) is 2.53. The van der Waals surface area contributed by atoms with Crippen LogP contribution in [0.2, 0.25) is 5.02 Å². The average molecular weight is 286 g/mol. The summed E-state index contributed by atoms with van der Waals surface area (Å²) in [6.07, 6.45) is 4.30. The van der Waals surface area contributed by atoms with Crippen molar-refractivity contribution in [1.82, 2.24) is 5.32 Å². The lowest BCUT2D eigenvalue weighted by Crippen LogP contribution is -2.34. The Morgan fingerprint density at radius 2 is 2.00 bits per heavy atom. The van der Waals surface area contributed by atoms with E-state index in [1.54, 1.807) is 0 Å². The normalized spacial score (nSPS) is 14.4. The summed E-state index contributed by atoms with van der Waals surface area (Å²) in [6, 6.07) is 4.71. The van der Waals surface area contributed by atoms with Crippen LogP contribution < -0.4 is 5.32 Å². The molecular formula is C16H25ClFN. The molecule has 1 unspecified atom stereocenters. The van der Waals surface area contributed by atoms with E-state index in [0.29, 0.717) is 5.02 Å². The Kier molecular flexibility index (Phi) is 6.81. The summed E-state index contributed by atoms with van der Waals surface area (Å²) in [7, 11) is 0. The number of hydrogen-bond acceptors (Lipinski definition) is 1. The second kappa shape index (κ2) is 7.86. The van der Waals surface area contributed by atoms with Crippen LogP contribution in [0.1, 0.15) is 45.6 Å². The number of hydrogen-bond donors (Lipinski definition) is 1. The third kappa shape index (κ3) is 5.50. The van der Waals surface area contributed by atoms with Crippen LogP contribution in [-0.2, 0) is 6.42 Å². The van der Waals surface area contributed by atoms with Crippen molar-refractivity contribution in [1.29, 1.82) is 0 Å². The van der Waals surface area contributed by atoms with Gasteiger partial charge in [-0.15, -0.1) is 0 Å². The van der Waals surface area contributed by atoms with Crippen LogP contribution in [0.25, 0.3) is 0 Å². The molecule has 0 bridgehead atoms. The summed E-state index contributed by atoms with van der Waals surface area (Å²) in [5.41, 5.74) is 1.21. The van der Waals surface area contributed by atoms with E-state index < -0.39 is 0 Å². The highest BCUT2D eigenvalue weighted by molar-refractivity contribution is 6.31. The van der Waals surface area contributed by atoms with Gasteiger partial charge in [0.15, 0.2) is 0 Å². The van der Waals surface area contributed by atoms with Crippen molar-refractivity contribution in [3.8, 4) is 0 Å². The first kappa shape index (κ1) is 16.5. The van der Waals surface area contributed by atoms with Crippen LogP contribution in [-0.4, -0.2) is 13.1 Å². The Balaban J connectivity index is 2.75. The number of rotatable bonds is 8. The largest absolute Gasteiger partial charge is 0.316 e. The summed E-state index contributed by atoms with van der Waals surface area (Å²) in [5.74, 6) is -0.268. The lowest BCUT2D eigenvalue weighted by Gasteiger charge is -2.30. The first-order valence-electron chi connectivity index (χ1n) is 7.15. The SMILES string of the molecule is CCCNCC(C)(CCC)Cc1ccc(F)cc1Cl. The number of benzene rings is 1. The van der Waals surface area contributed by atoms with E-state index in [4.69, 9.17) is 11.6 Å². The van der Waals surface area contributed by atoms with Gasteiger partial charge in [-0.1, -0.05) is 44.9 Å². The Labute approximate surface area is 121 Å². The van der Waals surface area contributed by atoms with Gasteiger partial charge in [-0.05, 0) is 48.9 Å². The standard InChI is InChI=1S/C16H25ClFN/c1-4-8-16(3,12-19-9-5-2)11-13-6-7-14(18)10-15(13)17/h6-7,10,19H,4-5,8-9,11-12H2,1-3H3. The van der Waals surface area contributed by atoms with Gasteiger partial charge in [-0.3, -0.25) is 0 Å². The van der Waals surface area contributed by atoms with Gasteiger partial charge in [0.25, 0.3) is 0 Å². The fourth-order valence-corrected chi connectivity index (χ4v) is 2.77. The average Bonchev–Trinajstić information content (AvgIpc) is 2.34. The molecule has 0 fully saturated rings. The molecule has 0 heterocycles. The minimum Gasteiger partial charge on any atom is -0.316 e. The molecule has 0 aliphatic carbocycles. The molecule has 1 aromatic carbocycles. The summed E-state index contributed by atoms with van der Waals surface area (Å²) in [4.78, 5) is 0. The van der Waals surface area contributed by atoms with Gasteiger partial charge >= 0.3 is 0 Å². The zero-order valence-electron chi connectivity index (χ0n) is 12.2. The lowest BCUT2D eigenvalue weighted by molar-refractivity contribution is 0.275. The van der Waals surface area contributed by atoms with Crippen molar-refractivity contribution in [3.05, 3.63) is 34.6 Å². The third-order valence-corrected chi connectivity index (χ3v) is 3.82. The van der Waals surface area contributed by atoms with Crippen molar-refractivity contribution < 1.29 is 4.39 Å². The summed E-state index contributed by atoms with van der Waals surface area (Å²) in [6.45, 7) is 8.66. The minimum absolute atomic E-state index is 0.172. The van der Waals surface area contributed by atoms with E-state index in [9.17, 15) is 4.39 Å². The minimum atomic E-state index is -0.268. The summed E-state index contributed by atoms with van der Waals surface area (Å²) in [5, 5.41) is 4.03. The van der Waals surface area contributed by atoms with Gasteiger partial charge in [-0.25, -0.2) is 4.39 Å². The maximum Gasteiger partial charge on any atom is 0.124 e. The molecule has 0 aliphatic heterocycles. The van der Waals surface area contributed by atoms with Crippen LogP contribution >= 0.6 is 11.6 Å². The molecule has 0 spiro atoms. The fraction of sp³-hybridized carbons (Fsp3) is 0.625. The molecule has 3 heteroatoms. The van der Waals surface area contributed by atoms with Crippen LogP contribution in [0.4, 0.5) is 4.39 Å². The van der Waals surface area contributed by atoms with Crippen LogP contribution in [0.5, 0.6) is 0 Å². The Hall–Kier alpha value is -0.600. The van der Waals surface area contributed by atoms with Gasteiger partial charge in [0.1, 0.15) is 5.82 Å². The summed E-state index contributed by atoms with van der Waals surface area (Å²) < 4.78 is 13.1. The van der Waals surface area contributed by atoms with E-state index >= 15 is 0 Å². The van der Waals surface area contributed by atoms with Crippen LogP contribution in [0.15, 0.2) is 18.2 Å². The highest BCUT2D eigenvalue weighted by Gasteiger charge is 2.24. The van der Waals surface area contributed by atoms with E-state index in [2.05, 4.69) is 26.1 Å². The second-order valence-electron chi connectivity index (χ2n) is 5.65. The van der Waals surface area contributed by atoms with E-state index in [1.165, 1.54) is 12.1 Å². The first-order chi connectivity index (χ1) is 9.00.